The van der Waals surface area contributed by atoms with Crippen LogP contribution in [0.25, 0.3) is 0 Å². The van der Waals surface area contributed by atoms with Gasteiger partial charge in [0.15, 0.2) is 12.6 Å². The largest absolute Gasteiger partial charge is 0.484 e. The van der Waals surface area contributed by atoms with Crippen molar-refractivity contribution < 1.29 is 9.53 Å². The molecule has 0 aromatic heterocycles. The second kappa shape index (κ2) is 8.79. The number of benzene rings is 1. The minimum atomic E-state index is -0.491. The lowest BCUT2D eigenvalue weighted by Crippen LogP contribution is -2.36. The molecule has 0 atom stereocenters. The summed E-state index contributed by atoms with van der Waals surface area (Å²) in [4.78, 5) is 15.1. The van der Waals surface area contributed by atoms with E-state index in [4.69, 9.17) is 10.5 Å². The van der Waals surface area contributed by atoms with E-state index in [1.807, 2.05) is 32.0 Å². The van der Waals surface area contributed by atoms with E-state index in [0.717, 1.165) is 24.6 Å². The lowest BCUT2D eigenvalue weighted by atomic mass is 10.2. The van der Waals surface area contributed by atoms with Gasteiger partial charge in [0.1, 0.15) is 5.75 Å². The summed E-state index contributed by atoms with van der Waals surface area (Å²) in [5.74, 6) is 0.901. The third-order valence-corrected chi connectivity index (χ3v) is 2.39. The first-order valence-electron chi connectivity index (χ1n) is 6.68. The van der Waals surface area contributed by atoms with Gasteiger partial charge in [0.2, 0.25) is 0 Å². The topological polar surface area (TPSA) is 88.7 Å². The molecule has 4 N–H and O–H groups in total. The number of carbonyl (C=O) groups is 1. The molecule has 6 nitrogen and oxygen atoms in total. The molecule has 0 saturated carbocycles. The molecule has 0 aliphatic heterocycles. The molecule has 0 spiro atoms. The zero-order valence-corrected chi connectivity index (χ0v) is 12.0. The first kappa shape index (κ1) is 15.8. The molecule has 0 unspecified atom stereocenters. The van der Waals surface area contributed by atoms with Gasteiger partial charge in [0.25, 0.3) is 5.91 Å². The third-order valence-electron chi connectivity index (χ3n) is 2.39. The summed E-state index contributed by atoms with van der Waals surface area (Å²) in [7, 11) is 0. The minimum absolute atomic E-state index is 0.118. The summed E-state index contributed by atoms with van der Waals surface area (Å²) in [6.07, 6.45) is 0. The van der Waals surface area contributed by atoms with Crippen molar-refractivity contribution in [1.29, 1.82) is 0 Å². The van der Waals surface area contributed by atoms with Gasteiger partial charge in [-0.2, -0.15) is 0 Å². The number of nitrogens with zero attached hydrogens (tertiary/aromatic N) is 1. The minimum Gasteiger partial charge on any atom is -0.484 e. The Labute approximate surface area is 119 Å². The highest BCUT2D eigenvalue weighted by atomic mass is 16.5. The number of rotatable bonds is 7. The van der Waals surface area contributed by atoms with Gasteiger partial charge in [-0.15, -0.1) is 0 Å². The van der Waals surface area contributed by atoms with E-state index >= 15 is 0 Å². The van der Waals surface area contributed by atoms with Crippen LogP contribution in [0.4, 0.5) is 0 Å². The van der Waals surface area contributed by atoms with E-state index < -0.39 is 5.91 Å². The number of nitrogens with one attached hydrogen (secondary N) is 2. The molecule has 1 aromatic carbocycles. The quantitative estimate of drug-likeness (QED) is 0.504. The van der Waals surface area contributed by atoms with Crippen molar-refractivity contribution >= 4 is 11.9 Å². The van der Waals surface area contributed by atoms with E-state index in [1.54, 1.807) is 6.07 Å². The first-order valence-corrected chi connectivity index (χ1v) is 6.68. The maximum atomic E-state index is 10.7. The van der Waals surface area contributed by atoms with Crippen molar-refractivity contribution in [1.82, 2.24) is 10.6 Å². The zero-order chi connectivity index (χ0) is 14.8. The van der Waals surface area contributed by atoms with Gasteiger partial charge in [0.05, 0.1) is 6.54 Å². The monoisotopic (exact) mass is 278 g/mol. The molecule has 0 fully saturated rings. The van der Waals surface area contributed by atoms with Gasteiger partial charge in [0, 0.05) is 13.1 Å². The van der Waals surface area contributed by atoms with Gasteiger partial charge in [-0.3, -0.25) is 4.79 Å². The van der Waals surface area contributed by atoms with Gasteiger partial charge < -0.3 is 21.1 Å². The number of carbonyl (C=O) groups excluding carboxylic acids is 1. The standard InChI is InChI=1S/C14H22N4O2/c1-3-16-14(17-4-2)18-9-11-6-5-7-12(8-11)20-10-13(15)19/h5-8H,3-4,9-10H2,1-2H3,(H2,15,19)(H2,16,17,18). The number of nitrogens with two attached hydrogens (primary N) is 1. The molecule has 6 heteroatoms. The zero-order valence-electron chi connectivity index (χ0n) is 12.0. The number of aliphatic imine (C=N–C) groups is 1. The molecule has 110 valence electrons. The second-order valence-electron chi connectivity index (χ2n) is 4.13. The van der Waals surface area contributed by atoms with E-state index in [9.17, 15) is 4.79 Å². The number of amides is 1. The third kappa shape index (κ3) is 6.08. The molecule has 1 amide bonds. The second-order valence-corrected chi connectivity index (χ2v) is 4.13. The summed E-state index contributed by atoms with van der Waals surface area (Å²) in [6, 6.07) is 7.45. The Morgan fingerprint density at radius 2 is 2.00 bits per heavy atom. The van der Waals surface area contributed by atoms with Gasteiger partial charge in [-0.25, -0.2) is 4.99 Å². The number of guanidine groups is 1. The Morgan fingerprint density at radius 3 is 2.60 bits per heavy atom. The lowest BCUT2D eigenvalue weighted by molar-refractivity contribution is -0.119. The molecule has 0 radical (unpaired) electrons. The molecule has 1 rings (SSSR count). The van der Waals surface area contributed by atoms with E-state index in [-0.39, 0.29) is 6.61 Å². The van der Waals surface area contributed by atoms with Crippen LogP contribution in [0.5, 0.6) is 5.75 Å². The van der Waals surface area contributed by atoms with E-state index in [1.165, 1.54) is 0 Å². The van der Waals surface area contributed by atoms with Crippen LogP contribution in [0.15, 0.2) is 29.3 Å². The Morgan fingerprint density at radius 1 is 1.30 bits per heavy atom. The van der Waals surface area contributed by atoms with Crippen LogP contribution in [-0.4, -0.2) is 31.6 Å². The van der Waals surface area contributed by atoms with Crippen molar-refractivity contribution in [2.45, 2.75) is 20.4 Å². The van der Waals surface area contributed by atoms with Crippen molar-refractivity contribution in [2.75, 3.05) is 19.7 Å². The van der Waals surface area contributed by atoms with E-state index in [2.05, 4.69) is 15.6 Å². The normalized spacial score (nSPS) is 9.70. The fourth-order valence-electron chi connectivity index (χ4n) is 1.57. The Kier molecular flexibility index (Phi) is 6.95. The van der Waals surface area contributed by atoms with Gasteiger partial charge in [-0.05, 0) is 31.5 Å². The number of hydrogen-bond acceptors (Lipinski definition) is 3. The molecular weight excluding hydrogens is 256 g/mol. The number of primary amides is 1. The van der Waals surface area contributed by atoms with Crippen molar-refractivity contribution in [3.63, 3.8) is 0 Å². The molecule has 1 aromatic rings. The van der Waals surface area contributed by atoms with Gasteiger partial charge in [-0.1, -0.05) is 12.1 Å². The smallest absolute Gasteiger partial charge is 0.255 e. The molecule has 20 heavy (non-hydrogen) atoms. The van der Waals surface area contributed by atoms with Crippen LogP contribution in [0, 0.1) is 0 Å². The summed E-state index contributed by atoms with van der Waals surface area (Å²) >= 11 is 0. The predicted octanol–water partition coefficient (Wildman–Crippen LogP) is 0.626. The average Bonchev–Trinajstić information content (AvgIpc) is 2.43. The van der Waals surface area contributed by atoms with Crippen LogP contribution >= 0.6 is 0 Å². The summed E-state index contributed by atoms with van der Waals surface area (Å²) < 4.78 is 5.26. The fraction of sp³-hybridized carbons (Fsp3) is 0.429. The van der Waals surface area contributed by atoms with Crippen LogP contribution in [0.1, 0.15) is 19.4 Å². The fourth-order valence-corrected chi connectivity index (χ4v) is 1.57. The summed E-state index contributed by atoms with van der Waals surface area (Å²) in [6.45, 7) is 6.08. The molecule has 0 saturated heterocycles. The Bertz CT molecular complexity index is 452. The van der Waals surface area contributed by atoms with Crippen LogP contribution < -0.4 is 21.1 Å². The van der Waals surface area contributed by atoms with Crippen LogP contribution in [0.2, 0.25) is 0 Å². The summed E-state index contributed by atoms with van der Waals surface area (Å²) in [5.41, 5.74) is 6.04. The van der Waals surface area contributed by atoms with Crippen molar-refractivity contribution in [3.05, 3.63) is 29.8 Å². The molecular formula is C14H22N4O2. The highest BCUT2D eigenvalue weighted by Crippen LogP contribution is 2.13. The Hall–Kier alpha value is -2.24. The molecule has 0 heterocycles. The number of hydrogen-bond donors (Lipinski definition) is 3. The van der Waals surface area contributed by atoms with Gasteiger partial charge >= 0.3 is 0 Å². The highest BCUT2D eigenvalue weighted by molar-refractivity contribution is 5.79. The van der Waals surface area contributed by atoms with Crippen molar-refractivity contribution in [3.8, 4) is 5.75 Å². The molecule has 0 aliphatic carbocycles. The summed E-state index contributed by atoms with van der Waals surface area (Å²) in [5, 5.41) is 6.31. The average molecular weight is 278 g/mol. The molecule has 0 bridgehead atoms. The van der Waals surface area contributed by atoms with Crippen LogP contribution in [-0.2, 0) is 11.3 Å². The Balaban J connectivity index is 2.64. The molecule has 0 aliphatic rings. The van der Waals surface area contributed by atoms with Crippen LogP contribution in [0.3, 0.4) is 0 Å². The van der Waals surface area contributed by atoms with Crippen molar-refractivity contribution in [2.24, 2.45) is 10.7 Å². The highest BCUT2D eigenvalue weighted by Gasteiger charge is 2.00. The number of ether oxygens (including phenoxy) is 1. The maximum absolute atomic E-state index is 10.7. The predicted molar refractivity (Wildman–Crippen MR) is 79.6 cm³/mol. The maximum Gasteiger partial charge on any atom is 0.255 e. The lowest BCUT2D eigenvalue weighted by Gasteiger charge is -2.09. The first-order chi connectivity index (χ1) is 9.65. The van der Waals surface area contributed by atoms with E-state index in [0.29, 0.717) is 12.3 Å². The SMILES string of the molecule is CCNC(=NCc1cccc(OCC(N)=O)c1)NCC.